The van der Waals surface area contributed by atoms with E-state index in [0.29, 0.717) is 26.1 Å². The monoisotopic (exact) mass is 340 g/mol. The highest BCUT2D eigenvalue weighted by Gasteiger charge is 2.37. The van der Waals surface area contributed by atoms with E-state index in [1.165, 1.54) is 0 Å². The van der Waals surface area contributed by atoms with Crippen LogP contribution >= 0.6 is 0 Å². The number of rotatable bonds is 8. The van der Waals surface area contributed by atoms with Crippen LogP contribution in [0.5, 0.6) is 0 Å². The number of hydrogen-bond donors (Lipinski definition) is 0. The lowest BCUT2D eigenvalue weighted by atomic mass is 9.97. The minimum absolute atomic E-state index is 0.207. The van der Waals surface area contributed by atoms with E-state index in [-0.39, 0.29) is 25.0 Å². The molecule has 7 nitrogen and oxygen atoms in total. The van der Waals surface area contributed by atoms with Crippen molar-refractivity contribution in [3.63, 3.8) is 0 Å². The van der Waals surface area contributed by atoms with Gasteiger partial charge in [-0.25, -0.2) is 4.79 Å². The topological polar surface area (TPSA) is 78.7 Å². The van der Waals surface area contributed by atoms with Gasteiger partial charge in [-0.1, -0.05) is 27.7 Å². The summed E-state index contributed by atoms with van der Waals surface area (Å²) >= 11 is 0. The molecule has 24 heavy (non-hydrogen) atoms. The Balaban J connectivity index is 1.68. The van der Waals surface area contributed by atoms with Crippen molar-refractivity contribution in [2.45, 2.75) is 52.0 Å². The average molecular weight is 340 g/mol. The van der Waals surface area contributed by atoms with Crippen molar-refractivity contribution in [3.05, 3.63) is 0 Å². The summed E-state index contributed by atoms with van der Waals surface area (Å²) in [6, 6.07) is 0. The quantitative estimate of drug-likeness (QED) is 0.635. The third kappa shape index (κ3) is 4.33. The fourth-order valence-electron chi connectivity index (χ4n) is 2.91. The van der Waals surface area contributed by atoms with Gasteiger partial charge in [0.15, 0.2) is 11.4 Å². The van der Waals surface area contributed by atoms with E-state index in [4.69, 9.17) is 18.9 Å². The summed E-state index contributed by atoms with van der Waals surface area (Å²) in [5.41, 5.74) is -1.18. The summed E-state index contributed by atoms with van der Waals surface area (Å²) in [5.74, 6) is 0.415. The van der Waals surface area contributed by atoms with Crippen molar-refractivity contribution >= 4 is 18.6 Å². The van der Waals surface area contributed by atoms with Crippen molar-refractivity contribution in [2.75, 3.05) is 26.4 Å². The maximum Gasteiger partial charge on any atom is 0.508 e. The molecule has 0 aromatic carbocycles. The number of carbonyl (C=O) groups is 1. The van der Waals surface area contributed by atoms with Crippen LogP contribution in [0.2, 0.25) is 0 Å². The molecule has 0 radical (unpaired) electrons. The highest BCUT2D eigenvalue weighted by molar-refractivity contribution is 5.62. The van der Waals surface area contributed by atoms with Crippen LogP contribution in [0.15, 0.2) is 9.98 Å². The lowest BCUT2D eigenvalue weighted by molar-refractivity contribution is -0.0660. The summed E-state index contributed by atoms with van der Waals surface area (Å²) in [7, 11) is 0. The predicted molar refractivity (Wildman–Crippen MR) is 90.6 cm³/mol. The molecule has 0 aliphatic carbocycles. The zero-order chi connectivity index (χ0) is 17.6. The van der Waals surface area contributed by atoms with E-state index in [9.17, 15) is 4.79 Å². The predicted octanol–water partition coefficient (Wildman–Crippen LogP) is 2.83. The molecule has 0 aromatic heterocycles. The highest BCUT2D eigenvalue weighted by Crippen LogP contribution is 2.31. The van der Waals surface area contributed by atoms with Crippen molar-refractivity contribution < 1.29 is 23.7 Å². The van der Waals surface area contributed by atoms with E-state index in [2.05, 4.69) is 9.98 Å². The minimum atomic E-state index is -0.684. The molecule has 136 valence electrons. The summed E-state index contributed by atoms with van der Waals surface area (Å²) in [6.45, 7) is 9.56. The van der Waals surface area contributed by atoms with Gasteiger partial charge < -0.3 is 18.9 Å². The Hall–Kier alpha value is -1.47. The molecule has 0 saturated heterocycles. The van der Waals surface area contributed by atoms with E-state index in [1.807, 2.05) is 27.7 Å². The Morgan fingerprint density at radius 3 is 1.67 bits per heavy atom. The third-order valence-corrected chi connectivity index (χ3v) is 4.60. The number of hydrogen-bond acceptors (Lipinski definition) is 7. The van der Waals surface area contributed by atoms with Gasteiger partial charge in [-0.05, 0) is 0 Å². The fraction of sp³-hybridized carbons (Fsp3) is 0.824. The lowest BCUT2D eigenvalue weighted by Gasteiger charge is -2.30. The zero-order valence-electron chi connectivity index (χ0n) is 15.0. The smallest absolute Gasteiger partial charge is 0.434 e. The molecule has 2 rings (SSSR count). The molecule has 2 aliphatic rings. The second kappa shape index (κ2) is 8.07. The second-order valence-corrected chi connectivity index (χ2v) is 6.69. The van der Waals surface area contributed by atoms with Crippen LogP contribution < -0.4 is 0 Å². The lowest BCUT2D eigenvalue weighted by Crippen LogP contribution is -2.36. The van der Waals surface area contributed by atoms with Crippen LogP contribution in [0, 0.1) is 11.8 Å². The van der Waals surface area contributed by atoms with Crippen molar-refractivity contribution in [3.8, 4) is 0 Å². The first-order chi connectivity index (χ1) is 11.4. The van der Waals surface area contributed by atoms with Gasteiger partial charge in [-0.2, -0.15) is 0 Å². The van der Waals surface area contributed by atoms with Crippen LogP contribution in [-0.2, 0) is 18.9 Å². The summed E-state index contributed by atoms with van der Waals surface area (Å²) in [5, 5.41) is 0. The van der Waals surface area contributed by atoms with Gasteiger partial charge in [-0.15, -0.1) is 0 Å². The molecule has 0 fully saturated rings. The van der Waals surface area contributed by atoms with E-state index < -0.39 is 17.6 Å². The first-order valence-corrected chi connectivity index (χ1v) is 8.55. The molecule has 2 heterocycles. The number of nitrogens with zero attached hydrogens (tertiary/aromatic N) is 2. The number of carbonyl (C=O) groups excluding carboxylic acids is 1. The SMILES string of the molecule is CC(C)C1(CCOC(=O)OCCC2(C(C)C)N=CCO2)N=CCO1. The first kappa shape index (κ1) is 18.9. The maximum atomic E-state index is 11.7. The highest BCUT2D eigenvalue weighted by atomic mass is 16.7. The van der Waals surface area contributed by atoms with Crippen molar-refractivity contribution in [1.29, 1.82) is 0 Å². The largest absolute Gasteiger partial charge is 0.508 e. The molecule has 0 aromatic rings. The number of ether oxygens (including phenoxy) is 4. The summed E-state index contributed by atoms with van der Waals surface area (Å²) in [4.78, 5) is 20.5. The Labute approximate surface area is 143 Å². The van der Waals surface area contributed by atoms with Crippen molar-refractivity contribution in [1.82, 2.24) is 0 Å². The van der Waals surface area contributed by atoms with Crippen LogP contribution in [0.1, 0.15) is 40.5 Å². The standard InChI is InChI=1S/C17H28N2O5/c1-13(2)16(18-7-11-23-16)5-9-21-15(20)22-10-6-17(14(3)4)19-8-12-24-17/h7-8,13-14H,5-6,9-12H2,1-4H3. The Kier molecular flexibility index (Phi) is 6.34. The van der Waals surface area contributed by atoms with E-state index >= 15 is 0 Å². The molecule has 7 heteroatoms. The zero-order valence-corrected chi connectivity index (χ0v) is 15.0. The molecule has 0 bridgehead atoms. The van der Waals surface area contributed by atoms with Gasteiger partial charge in [0.2, 0.25) is 0 Å². The van der Waals surface area contributed by atoms with Gasteiger partial charge in [0.05, 0.1) is 26.4 Å². The number of aliphatic imine (C=N–C) groups is 2. The first-order valence-electron chi connectivity index (χ1n) is 8.55. The molecule has 0 spiro atoms. The second-order valence-electron chi connectivity index (χ2n) is 6.69. The average Bonchev–Trinajstić information content (AvgIpc) is 3.18. The van der Waals surface area contributed by atoms with Crippen LogP contribution in [0.4, 0.5) is 4.79 Å². The summed E-state index contributed by atoms with van der Waals surface area (Å²) in [6.07, 6.45) is 3.85. The van der Waals surface area contributed by atoms with Crippen molar-refractivity contribution in [2.24, 2.45) is 21.8 Å². The van der Waals surface area contributed by atoms with Gasteiger partial charge >= 0.3 is 6.16 Å². The molecular formula is C17H28N2O5. The molecule has 0 amide bonds. The molecular weight excluding hydrogens is 312 g/mol. The molecule has 2 unspecified atom stereocenters. The molecule has 0 N–H and O–H groups in total. The van der Waals surface area contributed by atoms with Gasteiger partial charge in [0.25, 0.3) is 0 Å². The van der Waals surface area contributed by atoms with E-state index in [0.717, 1.165) is 0 Å². The Morgan fingerprint density at radius 2 is 1.38 bits per heavy atom. The normalized spacial score (nSPS) is 28.9. The Bertz CT molecular complexity index is 449. The maximum absolute atomic E-state index is 11.7. The fourth-order valence-corrected chi connectivity index (χ4v) is 2.91. The van der Waals surface area contributed by atoms with Crippen LogP contribution in [0.3, 0.4) is 0 Å². The van der Waals surface area contributed by atoms with E-state index in [1.54, 1.807) is 12.4 Å². The summed E-state index contributed by atoms with van der Waals surface area (Å²) < 4.78 is 21.7. The molecule has 2 atom stereocenters. The van der Waals surface area contributed by atoms with Gasteiger partial charge in [0, 0.05) is 37.1 Å². The van der Waals surface area contributed by atoms with Gasteiger partial charge in [-0.3, -0.25) is 9.98 Å². The minimum Gasteiger partial charge on any atom is -0.434 e. The van der Waals surface area contributed by atoms with Crippen LogP contribution in [0.25, 0.3) is 0 Å². The van der Waals surface area contributed by atoms with Crippen LogP contribution in [-0.4, -0.2) is 56.5 Å². The Morgan fingerprint density at radius 1 is 0.958 bits per heavy atom. The molecule has 2 aliphatic heterocycles. The van der Waals surface area contributed by atoms with Gasteiger partial charge in [0.1, 0.15) is 0 Å². The third-order valence-electron chi connectivity index (χ3n) is 4.60. The molecule has 0 saturated carbocycles.